The van der Waals surface area contributed by atoms with E-state index in [9.17, 15) is 0 Å². The van der Waals surface area contributed by atoms with Crippen molar-refractivity contribution in [1.29, 1.82) is 0 Å². The summed E-state index contributed by atoms with van der Waals surface area (Å²) in [5, 5.41) is 4.41. The summed E-state index contributed by atoms with van der Waals surface area (Å²) in [5.41, 5.74) is 8.52. The third kappa shape index (κ3) is 4.20. The average molecular weight is 539 g/mol. The van der Waals surface area contributed by atoms with Gasteiger partial charge in [-0.2, -0.15) is 0 Å². The van der Waals surface area contributed by atoms with Crippen LogP contribution < -0.4 is 4.90 Å². The van der Waals surface area contributed by atoms with E-state index in [1.807, 2.05) is 36.5 Å². The Kier molecular flexibility index (Phi) is 5.79. The Morgan fingerprint density at radius 3 is 1.83 bits per heavy atom. The van der Waals surface area contributed by atoms with Crippen molar-refractivity contribution in [3.63, 3.8) is 0 Å². The Bertz CT molecular complexity index is 2180. The summed E-state index contributed by atoms with van der Waals surface area (Å²) in [4.78, 5) is 7.20. The molecular weight excluding hydrogens is 512 g/mol. The van der Waals surface area contributed by atoms with Crippen molar-refractivity contribution < 1.29 is 4.42 Å². The van der Waals surface area contributed by atoms with Crippen LogP contribution in [0.5, 0.6) is 0 Å². The van der Waals surface area contributed by atoms with Gasteiger partial charge in [-0.1, -0.05) is 109 Å². The third-order valence-electron chi connectivity index (χ3n) is 7.90. The van der Waals surface area contributed by atoms with Crippen molar-refractivity contribution in [2.24, 2.45) is 0 Å². The van der Waals surface area contributed by atoms with Crippen LogP contribution >= 0.6 is 0 Å². The molecule has 0 saturated carbocycles. The Morgan fingerprint density at radius 2 is 1.05 bits per heavy atom. The molecule has 8 aromatic rings. The van der Waals surface area contributed by atoms with Crippen molar-refractivity contribution in [3.05, 3.63) is 158 Å². The van der Waals surface area contributed by atoms with Gasteiger partial charge in [-0.3, -0.25) is 4.90 Å². The molecule has 0 unspecified atom stereocenters. The maximum Gasteiger partial charge on any atom is 0.149 e. The van der Waals surface area contributed by atoms with Gasteiger partial charge in [-0.05, 0) is 75.5 Å². The van der Waals surface area contributed by atoms with Crippen LogP contribution in [-0.2, 0) is 0 Å². The third-order valence-corrected chi connectivity index (χ3v) is 7.90. The van der Waals surface area contributed by atoms with Gasteiger partial charge < -0.3 is 4.42 Å². The SMILES string of the molecule is c1ccc(-c2ccc(N(c3ccc4cc(-c5ccccc5)ccc4c3)c3nccc4oc5ccccc5c34)cc2)cc1. The lowest BCUT2D eigenvalue weighted by molar-refractivity contribution is 0.668. The van der Waals surface area contributed by atoms with Gasteiger partial charge in [0, 0.05) is 23.0 Å². The smallest absolute Gasteiger partial charge is 0.149 e. The van der Waals surface area contributed by atoms with Gasteiger partial charge in [0.15, 0.2) is 0 Å². The molecule has 0 spiro atoms. The van der Waals surface area contributed by atoms with Gasteiger partial charge >= 0.3 is 0 Å². The highest BCUT2D eigenvalue weighted by atomic mass is 16.3. The van der Waals surface area contributed by atoms with E-state index in [0.29, 0.717) is 0 Å². The number of para-hydroxylation sites is 1. The first kappa shape index (κ1) is 24.2. The van der Waals surface area contributed by atoms with Crippen LogP contribution in [-0.4, -0.2) is 4.98 Å². The molecule has 2 heterocycles. The minimum Gasteiger partial charge on any atom is -0.456 e. The number of hydrogen-bond donors (Lipinski definition) is 0. The summed E-state index contributed by atoms with van der Waals surface area (Å²) in [6.45, 7) is 0. The second kappa shape index (κ2) is 10.1. The second-order valence-electron chi connectivity index (χ2n) is 10.5. The van der Waals surface area contributed by atoms with Gasteiger partial charge in [0.2, 0.25) is 0 Å². The lowest BCUT2D eigenvalue weighted by Gasteiger charge is -2.25. The molecule has 0 aliphatic rings. The fraction of sp³-hybridized carbons (Fsp3) is 0. The molecule has 42 heavy (non-hydrogen) atoms. The van der Waals surface area contributed by atoms with Gasteiger partial charge in [0.25, 0.3) is 0 Å². The molecule has 6 aromatic carbocycles. The molecule has 0 N–H and O–H groups in total. The van der Waals surface area contributed by atoms with Crippen molar-refractivity contribution >= 4 is 49.9 Å². The summed E-state index contributed by atoms with van der Waals surface area (Å²) in [5.74, 6) is 0.838. The lowest BCUT2D eigenvalue weighted by atomic mass is 10.0. The van der Waals surface area contributed by atoms with Gasteiger partial charge in [-0.25, -0.2) is 4.98 Å². The molecule has 198 valence electrons. The number of rotatable bonds is 5. The fourth-order valence-electron chi connectivity index (χ4n) is 5.83. The first-order valence-electron chi connectivity index (χ1n) is 14.1. The monoisotopic (exact) mass is 538 g/mol. The maximum atomic E-state index is 6.25. The van der Waals surface area contributed by atoms with Crippen molar-refractivity contribution in [2.75, 3.05) is 4.90 Å². The molecule has 0 saturated heterocycles. The van der Waals surface area contributed by atoms with E-state index in [0.717, 1.165) is 39.1 Å². The van der Waals surface area contributed by atoms with Crippen molar-refractivity contribution in [2.45, 2.75) is 0 Å². The van der Waals surface area contributed by atoms with Gasteiger partial charge in [0.1, 0.15) is 17.0 Å². The summed E-state index contributed by atoms with van der Waals surface area (Å²) >= 11 is 0. The van der Waals surface area contributed by atoms with Crippen LogP contribution in [0.2, 0.25) is 0 Å². The van der Waals surface area contributed by atoms with E-state index in [-0.39, 0.29) is 0 Å². The lowest BCUT2D eigenvalue weighted by Crippen LogP contribution is -2.12. The molecule has 0 bridgehead atoms. The highest BCUT2D eigenvalue weighted by Crippen LogP contribution is 2.42. The standard InChI is InChI=1S/C39H26N2O/c1-3-9-27(10-4-1)29-17-20-33(21-18-29)41(39-38-35-13-7-8-14-36(35)42-37(38)23-24-40-39)34-22-19-31-25-30(15-16-32(31)26-34)28-11-5-2-6-12-28/h1-26H. The van der Waals surface area contributed by atoms with E-state index < -0.39 is 0 Å². The van der Waals surface area contributed by atoms with Gasteiger partial charge in [0.05, 0.1) is 5.39 Å². The number of benzene rings is 6. The number of fused-ring (bicyclic) bond motifs is 4. The predicted octanol–water partition coefficient (Wildman–Crippen LogP) is 10.9. The Morgan fingerprint density at radius 1 is 0.452 bits per heavy atom. The zero-order valence-electron chi connectivity index (χ0n) is 22.8. The molecule has 0 amide bonds. The Balaban J connectivity index is 1.31. The minimum absolute atomic E-state index is 0.820. The highest BCUT2D eigenvalue weighted by molar-refractivity contribution is 6.12. The van der Waals surface area contributed by atoms with Crippen LogP contribution in [0, 0.1) is 0 Å². The molecular formula is C39H26N2O. The van der Waals surface area contributed by atoms with Crippen LogP contribution in [0.4, 0.5) is 17.2 Å². The quantitative estimate of drug-likeness (QED) is 0.218. The molecule has 2 aromatic heterocycles. The van der Waals surface area contributed by atoms with E-state index in [4.69, 9.17) is 9.40 Å². The van der Waals surface area contributed by atoms with Crippen LogP contribution in [0.3, 0.4) is 0 Å². The first-order chi connectivity index (χ1) is 20.8. The summed E-state index contributed by atoms with van der Waals surface area (Å²) in [7, 11) is 0. The molecule has 0 radical (unpaired) electrons. The zero-order valence-corrected chi connectivity index (χ0v) is 22.8. The van der Waals surface area contributed by atoms with Crippen LogP contribution in [0.25, 0.3) is 55.0 Å². The van der Waals surface area contributed by atoms with E-state index in [1.165, 1.54) is 33.0 Å². The van der Waals surface area contributed by atoms with E-state index >= 15 is 0 Å². The topological polar surface area (TPSA) is 29.3 Å². The number of pyridine rings is 1. The van der Waals surface area contributed by atoms with E-state index in [1.54, 1.807) is 0 Å². The molecule has 3 heteroatoms. The molecule has 0 fully saturated rings. The second-order valence-corrected chi connectivity index (χ2v) is 10.5. The predicted molar refractivity (Wildman–Crippen MR) is 175 cm³/mol. The molecule has 0 atom stereocenters. The molecule has 0 aliphatic heterocycles. The molecule has 8 rings (SSSR count). The summed E-state index contributed by atoms with van der Waals surface area (Å²) in [6, 6.07) is 53.1. The van der Waals surface area contributed by atoms with Gasteiger partial charge in [-0.15, -0.1) is 0 Å². The van der Waals surface area contributed by atoms with E-state index in [2.05, 4.69) is 126 Å². The van der Waals surface area contributed by atoms with Crippen molar-refractivity contribution in [1.82, 2.24) is 4.98 Å². The summed E-state index contributed by atoms with van der Waals surface area (Å²) < 4.78 is 6.25. The fourth-order valence-corrected chi connectivity index (χ4v) is 5.83. The van der Waals surface area contributed by atoms with Crippen molar-refractivity contribution in [3.8, 4) is 22.3 Å². The molecule has 3 nitrogen and oxygen atoms in total. The Hall–Kier alpha value is -5.67. The molecule has 0 aliphatic carbocycles. The number of furan rings is 1. The highest BCUT2D eigenvalue weighted by Gasteiger charge is 2.21. The minimum atomic E-state index is 0.820. The number of hydrogen-bond acceptors (Lipinski definition) is 3. The largest absolute Gasteiger partial charge is 0.456 e. The van der Waals surface area contributed by atoms with Crippen LogP contribution in [0.1, 0.15) is 0 Å². The number of nitrogens with zero attached hydrogens (tertiary/aromatic N) is 2. The van der Waals surface area contributed by atoms with Crippen LogP contribution in [0.15, 0.2) is 162 Å². The Labute approximate surface area is 243 Å². The number of anilines is 3. The summed E-state index contributed by atoms with van der Waals surface area (Å²) in [6.07, 6.45) is 1.83. The normalized spacial score (nSPS) is 11.3. The number of aromatic nitrogens is 1. The zero-order chi connectivity index (χ0) is 27.9. The average Bonchev–Trinajstić information content (AvgIpc) is 3.45. The first-order valence-corrected chi connectivity index (χ1v) is 14.1. The maximum absolute atomic E-state index is 6.25.